The molecule has 2 aromatic carbocycles. The van der Waals surface area contributed by atoms with Gasteiger partial charge in [0.1, 0.15) is 11.5 Å². The fraction of sp³-hybridized carbons (Fsp3) is 0.375. The number of nitrogens with zero attached hydrogens (tertiary/aromatic N) is 4. The highest BCUT2D eigenvalue weighted by molar-refractivity contribution is 6.31. The molecule has 8 nitrogen and oxygen atoms in total. The Morgan fingerprint density at radius 2 is 1.88 bits per heavy atom. The molecule has 4 rings (SSSR count). The molecule has 0 bridgehead atoms. The lowest BCUT2D eigenvalue weighted by molar-refractivity contribution is -0.123. The number of hydrogen-bond acceptors (Lipinski definition) is 7. The van der Waals surface area contributed by atoms with E-state index in [1.165, 1.54) is 0 Å². The summed E-state index contributed by atoms with van der Waals surface area (Å²) in [7, 11) is 3.22. The molecule has 0 spiro atoms. The van der Waals surface area contributed by atoms with Crippen LogP contribution in [-0.2, 0) is 4.79 Å². The van der Waals surface area contributed by atoms with E-state index in [0.29, 0.717) is 60.8 Å². The predicted octanol–water partition coefficient (Wildman–Crippen LogP) is 4.68. The van der Waals surface area contributed by atoms with E-state index in [1.54, 1.807) is 37.3 Å². The molecular formula is C24H27ClN4O4. The maximum absolute atomic E-state index is 13.3. The number of piperidine rings is 1. The van der Waals surface area contributed by atoms with Crippen LogP contribution in [0.4, 0.5) is 11.7 Å². The number of methoxy groups -OCH3 is 2. The van der Waals surface area contributed by atoms with Gasteiger partial charge in [0.05, 0.1) is 19.9 Å². The van der Waals surface area contributed by atoms with E-state index in [0.717, 1.165) is 11.3 Å². The first-order valence-electron chi connectivity index (χ1n) is 10.9. The molecule has 0 unspecified atom stereocenters. The summed E-state index contributed by atoms with van der Waals surface area (Å²) in [5, 5.41) is 4.68. The van der Waals surface area contributed by atoms with Crippen LogP contribution in [0, 0.1) is 5.92 Å². The molecular weight excluding hydrogens is 444 g/mol. The Morgan fingerprint density at radius 1 is 1.15 bits per heavy atom. The highest BCUT2D eigenvalue weighted by Gasteiger charge is 2.31. The van der Waals surface area contributed by atoms with E-state index in [-0.39, 0.29) is 11.8 Å². The fourth-order valence-electron chi connectivity index (χ4n) is 4.06. The van der Waals surface area contributed by atoms with Crippen LogP contribution in [0.5, 0.6) is 11.5 Å². The third-order valence-corrected chi connectivity index (χ3v) is 6.13. The Balaban J connectivity index is 1.42. The van der Waals surface area contributed by atoms with Crippen molar-refractivity contribution in [3.63, 3.8) is 0 Å². The minimum absolute atomic E-state index is 0.0715. The van der Waals surface area contributed by atoms with Gasteiger partial charge < -0.3 is 23.8 Å². The molecule has 0 N–H and O–H groups in total. The van der Waals surface area contributed by atoms with Crippen molar-refractivity contribution in [1.29, 1.82) is 0 Å². The number of rotatable bonds is 7. The van der Waals surface area contributed by atoms with Gasteiger partial charge in [-0.1, -0.05) is 16.8 Å². The third-order valence-electron chi connectivity index (χ3n) is 5.89. The molecule has 174 valence electrons. The van der Waals surface area contributed by atoms with Crippen molar-refractivity contribution in [1.82, 2.24) is 10.1 Å². The number of carbonyl (C=O) groups excluding carboxylic acids is 1. The summed E-state index contributed by atoms with van der Waals surface area (Å²) >= 11 is 6.18. The van der Waals surface area contributed by atoms with Gasteiger partial charge in [-0.25, -0.2) is 0 Å². The molecule has 1 amide bonds. The molecule has 1 aliphatic heterocycles. The van der Waals surface area contributed by atoms with Crippen LogP contribution in [0.25, 0.3) is 11.4 Å². The number of halogens is 1. The first kappa shape index (κ1) is 22.9. The van der Waals surface area contributed by atoms with Gasteiger partial charge in [0.15, 0.2) is 0 Å². The molecule has 0 atom stereocenters. The summed E-state index contributed by atoms with van der Waals surface area (Å²) in [6.07, 6.45) is 1.39. The van der Waals surface area contributed by atoms with Crippen molar-refractivity contribution < 1.29 is 18.8 Å². The minimum Gasteiger partial charge on any atom is -0.497 e. The van der Waals surface area contributed by atoms with Crippen LogP contribution in [0.2, 0.25) is 5.02 Å². The maximum Gasteiger partial charge on any atom is 0.324 e. The average molecular weight is 471 g/mol. The van der Waals surface area contributed by atoms with E-state index >= 15 is 0 Å². The smallest absolute Gasteiger partial charge is 0.324 e. The number of aromatic nitrogens is 2. The standard InChI is InChI=1S/C24H27ClN4O4/c1-4-29(20-15-18(25)7-10-21(20)32-3)23(30)17-11-13-28(14-12-17)24-26-22(27-33-24)16-5-8-19(31-2)9-6-16/h5-10,15,17H,4,11-14H2,1-3H3. The quantitative estimate of drug-likeness (QED) is 0.496. The lowest BCUT2D eigenvalue weighted by Gasteiger charge is -2.33. The van der Waals surface area contributed by atoms with Crippen LogP contribution in [0.3, 0.4) is 0 Å². The molecule has 1 aliphatic rings. The monoisotopic (exact) mass is 470 g/mol. The summed E-state index contributed by atoms with van der Waals surface area (Å²) in [4.78, 5) is 21.7. The number of hydrogen-bond donors (Lipinski definition) is 0. The minimum atomic E-state index is -0.103. The molecule has 1 fully saturated rings. The molecule has 9 heteroatoms. The third kappa shape index (κ3) is 4.90. The largest absolute Gasteiger partial charge is 0.497 e. The van der Waals surface area contributed by atoms with Crippen LogP contribution < -0.4 is 19.3 Å². The Hall–Kier alpha value is -3.26. The Bertz CT molecular complexity index is 1090. The molecule has 3 aromatic rings. The van der Waals surface area contributed by atoms with Crippen molar-refractivity contribution >= 4 is 29.2 Å². The normalized spacial score (nSPS) is 14.2. The van der Waals surface area contributed by atoms with Gasteiger partial charge in [0.2, 0.25) is 11.7 Å². The molecule has 33 heavy (non-hydrogen) atoms. The topological polar surface area (TPSA) is 80.9 Å². The lowest BCUT2D eigenvalue weighted by Crippen LogP contribution is -2.43. The SMILES string of the molecule is CCN(C(=O)C1CCN(c2nc(-c3ccc(OC)cc3)no2)CC1)c1cc(Cl)ccc1OC. The lowest BCUT2D eigenvalue weighted by atomic mass is 9.95. The van der Waals surface area contributed by atoms with Crippen LogP contribution in [0.1, 0.15) is 19.8 Å². The number of amides is 1. The van der Waals surface area contributed by atoms with Crippen molar-refractivity contribution in [3.8, 4) is 22.9 Å². The van der Waals surface area contributed by atoms with Crippen LogP contribution >= 0.6 is 11.6 Å². The van der Waals surface area contributed by atoms with Crippen molar-refractivity contribution in [2.45, 2.75) is 19.8 Å². The summed E-state index contributed by atoms with van der Waals surface area (Å²) < 4.78 is 16.1. The van der Waals surface area contributed by atoms with E-state index in [4.69, 9.17) is 25.6 Å². The van der Waals surface area contributed by atoms with Gasteiger partial charge >= 0.3 is 6.01 Å². The first-order chi connectivity index (χ1) is 16.0. The molecule has 2 heterocycles. The zero-order chi connectivity index (χ0) is 23.4. The Kier molecular flexibility index (Phi) is 7.03. The van der Waals surface area contributed by atoms with E-state index in [2.05, 4.69) is 10.1 Å². The number of benzene rings is 2. The highest BCUT2D eigenvalue weighted by atomic mass is 35.5. The zero-order valence-corrected chi connectivity index (χ0v) is 19.7. The Labute approximate surface area is 198 Å². The van der Waals surface area contributed by atoms with E-state index in [1.807, 2.05) is 36.1 Å². The number of anilines is 2. The second kappa shape index (κ2) is 10.1. The summed E-state index contributed by atoms with van der Waals surface area (Å²) in [5.41, 5.74) is 1.55. The van der Waals surface area contributed by atoms with Gasteiger partial charge in [-0.3, -0.25) is 4.79 Å². The van der Waals surface area contributed by atoms with Crippen molar-refractivity contribution in [2.24, 2.45) is 5.92 Å². The second-order valence-corrected chi connectivity index (χ2v) is 8.23. The van der Waals surface area contributed by atoms with Gasteiger partial charge in [-0.05, 0) is 62.2 Å². The summed E-state index contributed by atoms with van der Waals surface area (Å²) in [6, 6.07) is 13.3. The number of ether oxygens (including phenoxy) is 2. The van der Waals surface area contributed by atoms with Crippen LogP contribution in [-0.4, -0.2) is 49.9 Å². The van der Waals surface area contributed by atoms with Crippen LogP contribution in [0.15, 0.2) is 47.0 Å². The maximum atomic E-state index is 13.3. The molecule has 0 radical (unpaired) electrons. The van der Waals surface area contributed by atoms with Gasteiger partial charge in [-0.2, -0.15) is 4.98 Å². The van der Waals surface area contributed by atoms with E-state index in [9.17, 15) is 4.79 Å². The average Bonchev–Trinajstić information content (AvgIpc) is 3.35. The highest BCUT2D eigenvalue weighted by Crippen LogP contribution is 2.34. The molecule has 1 saturated heterocycles. The Morgan fingerprint density at radius 3 is 2.52 bits per heavy atom. The predicted molar refractivity (Wildman–Crippen MR) is 127 cm³/mol. The second-order valence-electron chi connectivity index (χ2n) is 7.79. The molecule has 0 saturated carbocycles. The van der Waals surface area contributed by atoms with E-state index < -0.39 is 0 Å². The summed E-state index contributed by atoms with van der Waals surface area (Å²) in [5.74, 6) is 1.89. The summed E-state index contributed by atoms with van der Waals surface area (Å²) in [6.45, 7) is 3.80. The first-order valence-corrected chi connectivity index (χ1v) is 11.3. The van der Waals surface area contributed by atoms with Crippen molar-refractivity contribution in [2.75, 3.05) is 43.7 Å². The zero-order valence-electron chi connectivity index (χ0n) is 19.0. The number of carbonyl (C=O) groups is 1. The van der Waals surface area contributed by atoms with Gasteiger partial charge in [0.25, 0.3) is 0 Å². The van der Waals surface area contributed by atoms with Crippen molar-refractivity contribution in [3.05, 3.63) is 47.5 Å². The molecule has 0 aliphatic carbocycles. The van der Waals surface area contributed by atoms with Gasteiger partial charge in [0, 0.05) is 36.1 Å². The van der Waals surface area contributed by atoms with Gasteiger partial charge in [-0.15, -0.1) is 0 Å². The molecule has 1 aromatic heterocycles. The fourth-order valence-corrected chi connectivity index (χ4v) is 4.22.